The first-order valence-electron chi connectivity index (χ1n) is 9.45. The molecule has 0 aliphatic carbocycles. The van der Waals surface area contributed by atoms with E-state index >= 15 is 0 Å². The molecule has 2 aliphatic rings. The number of carbonyl (C=O) groups is 1. The van der Waals surface area contributed by atoms with E-state index in [1.165, 1.54) is 23.1 Å². The van der Waals surface area contributed by atoms with E-state index in [0.717, 1.165) is 34.2 Å². The Morgan fingerprint density at radius 1 is 1.17 bits per heavy atom. The van der Waals surface area contributed by atoms with E-state index in [0.29, 0.717) is 25.0 Å². The van der Waals surface area contributed by atoms with E-state index in [4.69, 9.17) is 17.0 Å². The summed E-state index contributed by atoms with van der Waals surface area (Å²) >= 11 is 9.62. The summed E-state index contributed by atoms with van der Waals surface area (Å²) in [6, 6.07) is 5.87. The van der Waals surface area contributed by atoms with Crippen molar-refractivity contribution in [1.82, 2.24) is 9.47 Å². The average Bonchev–Trinajstić information content (AvgIpc) is 3.32. The molecule has 0 radical (unpaired) electrons. The number of aromatic nitrogens is 1. The van der Waals surface area contributed by atoms with Gasteiger partial charge in [0.2, 0.25) is 0 Å². The third-order valence-corrected chi connectivity index (χ3v) is 9.19. The van der Waals surface area contributed by atoms with Crippen molar-refractivity contribution in [2.45, 2.75) is 24.7 Å². The zero-order valence-corrected chi connectivity index (χ0v) is 20.3. The Morgan fingerprint density at radius 2 is 1.93 bits per heavy atom. The number of methoxy groups -OCH3 is 1. The van der Waals surface area contributed by atoms with Crippen LogP contribution >= 0.6 is 47.1 Å². The van der Waals surface area contributed by atoms with Gasteiger partial charge in [-0.3, -0.25) is 14.5 Å². The van der Waals surface area contributed by atoms with Gasteiger partial charge in [0, 0.05) is 31.6 Å². The van der Waals surface area contributed by atoms with Gasteiger partial charge < -0.3 is 14.2 Å². The molecule has 3 heterocycles. The number of nitrogens with zero attached hydrogens (tertiary/aromatic N) is 3. The molecular formula is C20H21N3O3S4. The van der Waals surface area contributed by atoms with Crippen molar-refractivity contribution < 1.29 is 9.53 Å². The molecule has 4 rings (SSSR count). The lowest BCUT2D eigenvalue weighted by Gasteiger charge is -2.13. The summed E-state index contributed by atoms with van der Waals surface area (Å²) in [5.41, 5.74) is 0.889. The van der Waals surface area contributed by atoms with Crippen molar-refractivity contribution in [3.05, 3.63) is 37.7 Å². The molecule has 1 amide bonds. The standard InChI is InChI=1S/C20H21N3O3S4/c1-5-6-9-23-17(25)15(30-20(23)27)19-22(3)16(24)14(29-19)18-21(2)12-10-11(26-4)7-8-13(12)28-18/h7-8,10H,5-6,9H2,1-4H3/b18-14-,19-15-. The molecule has 10 heteroatoms. The minimum Gasteiger partial charge on any atom is -0.497 e. The van der Waals surface area contributed by atoms with Gasteiger partial charge in [0.15, 0.2) is 0 Å². The SMILES string of the molecule is CCCCN1C(=O)/C(=c2/s/c(=C3\Sc4ccc(OC)cc4N3C)c(=O)n2C)SC1=S. The molecule has 2 aliphatic heterocycles. The summed E-state index contributed by atoms with van der Waals surface area (Å²) in [5, 5.41) is 0.858. The second-order valence-electron chi connectivity index (χ2n) is 6.91. The van der Waals surface area contributed by atoms with Crippen LogP contribution in [0.2, 0.25) is 0 Å². The summed E-state index contributed by atoms with van der Waals surface area (Å²) < 4.78 is 8.73. The van der Waals surface area contributed by atoms with Gasteiger partial charge in [0.05, 0.1) is 12.8 Å². The Kier molecular flexibility index (Phi) is 6.02. The van der Waals surface area contributed by atoms with Crippen molar-refractivity contribution in [3.63, 3.8) is 0 Å². The van der Waals surface area contributed by atoms with Crippen LogP contribution in [0.3, 0.4) is 0 Å². The molecule has 158 valence electrons. The number of unbranched alkanes of at least 4 members (excludes halogenated alkanes) is 1. The maximum absolute atomic E-state index is 13.1. The van der Waals surface area contributed by atoms with Gasteiger partial charge in [0.1, 0.15) is 29.2 Å². The monoisotopic (exact) mass is 479 g/mol. The molecule has 0 bridgehead atoms. The van der Waals surface area contributed by atoms with Gasteiger partial charge in [-0.2, -0.15) is 0 Å². The average molecular weight is 480 g/mol. The summed E-state index contributed by atoms with van der Waals surface area (Å²) in [7, 11) is 5.29. The number of anilines is 1. The third kappa shape index (κ3) is 3.49. The highest BCUT2D eigenvalue weighted by atomic mass is 32.2. The van der Waals surface area contributed by atoms with Gasteiger partial charge in [-0.15, -0.1) is 11.3 Å². The van der Waals surface area contributed by atoms with Crippen molar-refractivity contribution in [3.8, 4) is 5.75 Å². The van der Waals surface area contributed by atoms with E-state index in [-0.39, 0.29) is 11.5 Å². The molecule has 1 saturated heterocycles. The lowest BCUT2D eigenvalue weighted by atomic mass is 10.3. The maximum Gasteiger partial charge on any atom is 0.271 e. The van der Waals surface area contributed by atoms with Gasteiger partial charge in [-0.25, -0.2) is 0 Å². The number of fused-ring (bicyclic) bond motifs is 1. The molecule has 6 nitrogen and oxygen atoms in total. The quantitative estimate of drug-likeness (QED) is 0.625. The van der Waals surface area contributed by atoms with Crippen molar-refractivity contribution in [2.24, 2.45) is 7.05 Å². The summed E-state index contributed by atoms with van der Waals surface area (Å²) in [4.78, 5) is 31.3. The lowest BCUT2D eigenvalue weighted by molar-refractivity contribution is -0.120. The number of amides is 1. The van der Waals surface area contributed by atoms with Crippen molar-refractivity contribution in [2.75, 3.05) is 25.6 Å². The van der Waals surface area contributed by atoms with Gasteiger partial charge in [-0.05, 0) is 18.6 Å². The minimum absolute atomic E-state index is 0.104. The molecule has 0 saturated carbocycles. The lowest BCUT2D eigenvalue weighted by Crippen LogP contribution is -2.33. The largest absolute Gasteiger partial charge is 0.497 e. The molecule has 30 heavy (non-hydrogen) atoms. The molecular weight excluding hydrogens is 459 g/mol. The Hall–Kier alpha value is -1.75. The highest BCUT2D eigenvalue weighted by Crippen LogP contribution is 2.46. The van der Waals surface area contributed by atoms with Crippen LogP contribution in [0.1, 0.15) is 19.8 Å². The van der Waals surface area contributed by atoms with E-state index < -0.39 is 0 Å². The van der Waals surface area contributed by atoms with Crippen molar-refractivity contribution in [1.29, 1.82) is 0 Å². The van der Waals surface area contributed by atoms with Crippen molar-refractivity contribution >= 4 is 72.9 Å². The highest BCUT2D eigenvalue weighted by molar-refractivity contribution is 8.30. The molecule has 1 aromatic carbocycles. The molecule has 2 aromatic rings. The fourth-order valence-electron chi connectivity index (χ4n) is 3.28. The molecule has 1 fully saturated rings. The number of carbonyl (C=O) groups excluding carboxylic acids is 1. The predicted molar refractivity (Wildman–Crippen MR) is 130 cm³/mol. The summed E-state index contributed by atoms with van der Waals surface area (Å²) in [6.45, 7) is 2.70. The zero-order chi connectivity index (χ0) is 21.6. The number of thiazole rings is 1. The second kappa shape index (κ2) is 8.41. The third-order valence-electron chi connectivity index (χ3n) is 5.01. The fourth-order valence-corrected chi connectivity index (χ4v) is 7.18. The van der Waals surface area contributed by atoms with Gasteiger partial charge in [-0.1, -0.05) is 49.1 Å². The first kappa shape index (κ1) is 21.5. The Morgan fingerprint density at radius 3 is 2.63 bits per heavy atom. The fraction of sp³-hybridized carbons (Fsp3) is 0.350. The van der Waals surface area contributed by atoms with E-state index in [1.807, 2.05) is 30.1 Å². The molecule has 0 spiro atoms. The van der Waals surface area contributed by atoms with Crippen LogP contribution in [0.4, 0.5) is 5.69 Å². The highest BCUT2D eigenvalue weighted by Gasteiger charge is 2.34. The Labute approximate surface area is 192 Å². The van der Waals surface area contributed by atoms with Crippen LogP contribution < -0.4 is 24.4 Å². The molecule has 0 N–H and O–H groups in total. The number of ether oxygens (including phenoxy) is 1. The summed E-state index contributed by atoms with van der Waals surface area (Å²) in [5.74, 6) is 0.665. The minimum atomic E-state index is -0.108. The molecule has 1 aromatic heterocycles. The van der Waals surface area contributed by atoms with Gasteiger partial charge >= 0.3 is 0 Å². The maximum atomic E-state index is 13.1. The topological polar surface area (TPSA) is 54.8 Å². The smallest absolute Gasteiger partial charge is 0.271 e. The van der Waals surface area contributed by atoms with Crippen LogP contribution in [0, 0.1) is 0 Å². The Balaban J connectivity index is 1.84. The summed E-state index contributed by atoms with van der Waals surface area (Å²) in [6.07, 6.45) is 1.89. The predicted octanol–water partition coefficient (Wildman–Crippen LogP) is 2.53. The van der Waals surface area contributed by atoms with Crippen LogP contribution in [0.15, 0.2) is 27.9 Å². The van der Waals surface area contributed by atoms with Crippen LogP contribution in [-0.2, 0) is 11.8 Å². The molecule has 0 unspecified atom stereocenters. The number of hydrogen-bond acceptors (Lipinski definition) is 8. The number of rotatable bonds is 4. The Bertz CT molecular complexity index is 1230. The zero-order valence-electron chi connectivity index (χ0n) is 17.1. The second-order valence-corrected chi connectivity index (χ2v) is 10.6. The van der Waals surface area contributed by atoms with Crippen LogP contribution in [0.25, 0.3) is 9.93 Å². The number of hydrogen-bond donors (Lipinski definition) is 0. The van der Waals surface area contributed by atoms with E-state index in [1.54, 1.807) is 35.4 Å². The normalized spacial score (nSPS) is 19.7. The number of thiocarbonyl (C=S) groups is 1. The van der Waals surface area contributed by atoms with Gasteiger partial charge in [0.25, 0.3) is 11.5 Å². The number of thioether (sulfide) groups is 2. The number of benzene rings is 1. The first-order valence-corrected chi connectivity index (χ1v) is 12.3. The molecule has 0 atom stereocenters. The first-order chi connectivity index (χ1) is 14.4. The van der Waals surface area contributed by atoms with E-state index in [2.05, 4.69) is 6.92 Å². The van der Waals surface area contributed by atoms with Crippen LogP contribution in [0.5, 0.6) is 5.75 Å². The van der Waals surface area contributed by atoms with E-state index in [9.17, 15) is 9.59 Å². The van der Waals surface area contributed by atoms with Crippen LogP contribution in [-0.4, -0.2) is 40.4 Å².